The lowest BCUT2D eigenvalue weighted by molar-refractivity contribution is -0.203. The van der Waals surface area contributed by atoms with Crippen molar-refractivity contribution in [1.29, 1.82) is 0 Å². The van der Waals surface area contributed by atoms with Gasteiger partial charge in [-0.05, 0) is 98.2 Å². The first-order chi connectivity index (χ1) is 23.1. The molecule has 4 aliphatic rings. The molecule has 0 spiro atoms. The first-order valence-corrected chi connectivity index (χ1v) is 22.0. The molecule has 10 atom stereocenters. The Morgan fingerprint density at radius 3 is 1.92 bits per heavy atom. The van der Waals surface area contributed by atoms with Crippen LogP contribution in [0.15, 0.2) is 0 Å². The maximum Gasteiger partial charge on any atom is 0.306 e. The fourth-order valence-electron chi connectivity index (χ4n) is 12.3. The molecule has 0 aliphatic heterocycles. The lowest BCUT2D eigenvalue weighted by Gasteiger charge is -2.62. The van der Waals surface area contributed by atoms with Gasteiger partial charge in [-0.25, -0.2) is 0 Å². The van der Waals surface area contributed by atoms with Crippen LogP contribution in [-0.4, -0.2) is 23.3 Å². The summed E-state index contributed by atoms with van der Waals surface area (Å²) in [6, 6.07) is 0. The molecular weight excluding hydrogens is 588 g/mol. The van der Waals surface area contributed by atoms with Crippen molar-refractivity contribution in [3.63, 3.8) is 0 Å². The Kier molecular flexibility index (Phi) is 16.7. The molecule has 4 rings (SSSR count). The molecule has 4 saturated carbocycles. The summed E-state index contributed by atoms with van der Waals surface area (Å²) < 4.78 is 6.46. The predicted molar refractivity (Wildman–Crippen MR) is 204 cm³/mol. The van der Waals surface area contributed by atoms with E-state index in [1.807, 2.05) is 0 Å². The van der Waals surface area contributed by atoms with Gasteiger partial charge in [0.15, 0.2) is 0 Å². The highest BCUT2D eigenvalue weighted by Crippen LogP contribution is 2.68. The average molecular weight is 671 g/mol. The molecular formula is C45H82O3. The van der Waals surface area contributed by atoms with E-state index in [4.69, 9.17) is 4.74 Å². The third kappa shape index (κ3) is 10.5. The van der Waals surface area contributed by atoms with E-state index in [1.165, 1.54) is 141 Å². The van der Waals surface area contributed by atoms with E-state index in [1.54, 1.807) is 0 Å². The van der Waals surface area contributed by atoms with Crippen LogP contribution in [0, 0.1) is 52.3 Å². The SMILES string of the molecule is CCCCCCCCCCCCCCCCCC(=O)OC1C[C@@H](O)C[C@H]2CC[C@@H]3[C@@H]4CC[C@H]([C@H](C)CCCC(C)C)[C@@]4(C)CC[C@@H]3[C@@]12C. The van der Waals surface area contributed by atoms with E-state index in [-0.39, 0.29) is 23.6 Å². The molecule has 0 aromatic heterocycles. The van der Waals surface area contributed by atoms with Crippen LogP contribution in [0.4, 0.5) is 0 Å². The number of carbonyl (C=O) groups is 1. The minimum Gasteiger partial charge on any atom is -0.462 e. The van der Waals surface area contributed by atoms with Gasteiger partial charge in [0.1, 0.15) is 6.10 Å². The zero-order valence-electron chi connectivity index (χ0n) is 33.1. The van der Waals surface area contributed by atoms with E-state index in [0.29, 0.717) is 30.1 Å². The number of hydrogen-bond donors (Lipinski definition) is 1. The van der Waals surface area contributed by atoms with Crippen LogP contribution in [0.2, 0.25) is 0 Å². The van der Waals surface area contributed by atoms with Crippen molar-refractivity contribution in [3.05, 3.63) is 0 Å². The third-order valence-electron chi connectivity index (χ3n) is 15.2. The Hall–Kier alpha value is -0.570. The molecule has 1 N–H and O–H groups in total. The van der Waals surface area contributed by atoms with Crippen LogP contribution in [0.3, 0.4) is 0 Å². The van der Waals surface area contributed by atoms with Crippen LogP contribution in [-0.2, 0) is 9.53 Å². The molecule has 48 heavy (non-hydrogen) atoms. The van der Waals surface area contributed by atoms with E-state index in [0.717, 1.165) is 48.9 Å². The normalized spacial score (nSPS) is 35.2. The van der Waals surface area contributed by atoms with Crippen LogP contribution in [0.1, 0.15) is 215 Å². The van der Waals surface area contributed by atoms with Crippen molar-refractivity contribution >= 4 is 5.97 Å². The Morgan fingerprint density at radius 1 is 0.708 bits per heavy atom. The monoisotopic (exact) mass is 671 g/mol. The molecule has 0 bridgehead atoms. The zero-order valence-corrected chi connectivity index (χ0v) is 33.1. The smallest absolute Gasteiger partial charge is 0.306 e. The van der Waals surface area contributed by atoms with E-state index < -0.39 is 0 Å². The Balaban J connectivity index is 1.19. The van der Waals surface area contributed by atoms with E-state index in [2.05, 4.69) is 41.5 Å². The molecule has 0 radical (unpaired) electrons. The molecule has 0 saturated heterocycles. The maximum atomic E-state index is 13.3. The van der Waals surface area contributed by atoms with E-state index in [9.17, 15) is 9.90 Å². The molecule has 3 heteroatoms. The van der Waals surface area contributed by atoms with Crippen molar-refractivity contribution in [2.75, 3.05) is 0 Å². The summed E-state index contributed by atoms with van der Waals surface area (Å²) in [5, 5.41) is 11.0. The second-order valence-electron chi connectivity index (χ2n) is 18.9. The van der Waals surface area contributed by atoms with Gasteiger partial charge in [-0.15, -0.1) is 0 Å². The van der Waals surface area contributed by atoms with Crippen molar-refractivity contribution in [3.8, 4) is 0 Å². The maximum absolute atomic E-state index is 13.3. The van der Waals surface area contributed by atoms with Crippen LogP contribution >= 0.6 is 0 Å². The van der Waals surface area contributed by atoms with Gasteiger partial charge in [0, 0.05) is 18.3 Å². The zero-order chi connectivity index (χ0) is 34.6. The fourth-order valence-corrected chi connectivity index (χ4v) is 12.3. The number of carbonyl (C=O) groups excluding carboxylic acids is 1. The van der Waals surface area contributed by atoms with Crippen LogP contribution < -0.4 is 0 Å². The fraction of sp³-hybridized carbons (Fsp3) is 0.978. The number of fused-ring (bicyclic) bond motifs is 5. The number of esters is 1. The molecule has 0 heterocycles. The summed E-state index contributed by atoms with van der Waals surface area (Å²) in [4.78, 5) is 13.3. The number of aliphatic hydroxyl groups excluding tert-OH is 1. The first kappa shape index (κ1) is 40.2. The number of hydrogen-bond acceptors (Lipinski definition) is 3. The minimum atomic E-state index is -0.320. The standard InChI is InChI=1S/C45H82O3/c1-7-8-9-10-11-12-13-14-15-16-17-18-19-20-21-25-43(47)48-42-33-37(46)32-36-26-27-38-40-29-28-39(35(4)24-22-23-34(2)3)44(40,5)31-30-41(38)45(36,42)6/h34-42,46H,7-33H2,1-6H3/t35-,36-,37+,38-,39-,40+,41+,42?,44-,45+/m1/s1. The second kappa shape index (κ2) is 19.9. The number of aliphatic hydroxyl groups is 1. The highest BCUT2D eigenvalue weighted by molar-refractivity contribution is 5.69. The minimum absolute atomic E-state index is 0.00249. The van der Waals surface area contributed by atoms with Crippen molar-refractivity contribution in [2.45, 2.75) is 227 Å². The first-order valence-electron chi connectivity index (χ1n) is 22.0. The van der Waals surface area contributed by atoms with Crippen molar-refractivity contribution in [1.82, 2.24) is 0 Å². The predicted octanol–water partition coefficient (Wildman–Crippen LogP) is 13.3. The third-order valence-corrected chi connectivity index (χ3v) is 15.2. The van der Waals surface area contributed by atoms with Crippen molar-refractivity contribution < 1.29 is 14.6 Å². The lowest BCUT2D eigenvalue weighted by Crippen LogP contribution is -2.60. The molecule has 1 unspecified atom stereocenters. The number of unbranched alkanes of at least 4 members (excludes halogenated alkanes) is 14. The molecule has 0 aromatic rings. The summed E-state index contributed by atoms with van der Waals surface area (Å²) in [5.41, 5.74) is 0.505. The molecule has 4 fully saturated rings. The van der Waals surface area contributed by atoms with Gasteiger partial charge in [0.25, 0.3) is 0 Å². The Bertz CT molecular complexity index is 914. The lowest BCUT2D eigenvalue weighted by atomic mass is 9.43. The summed E-state index contributed by atoms with van der Waals surface area (Å²) in [5.74, 6) is 5.25. The molecule has 4 aliphatic carbocycles. The highest BCUT2D eigenvalue weighted by Gasteiger charge is 2.63. The Labute approximate surface area is 299 Å². The highest BCUT2D eigenvalue weighted by atomic mass is 16.5. The van der Waals surface area contributed by atoms with Gasteiger partial charge < -0.3 is 9.84 Å². The topological polar surface area (TPSA) is 46.5 Å². The summed E-state index contributed by atoms with van der Waals surface area (Å²) in [6.45, 7) is 14.8. The summed E-state index contributed by atoms with van der Waals surface area (Å²) in [7, 11) is 0. The molecule has 3 nitrogen and oxygen atoms in total. The van der Waals surface area contributed by atoms with Gasteiger partial charge >= 0.3 is 5.97 Å². The quantitative estimate of drug-likeness (QED) is 0.0921. The summed E-state index contributed by atoms with van der Waals surface area (Å²) >= 11 is 0. The van der Waals surface area contributed by atoms with Gasteiger partial charge in [0.2, 0.25) is 0 Å². The Morgan fingerprint density at radius 2 is 1.31 bits per heavy atom. The second-order valence-corrected chi connectivity index (χ2v) is 18.9. The number of rotatable bonds is 22. The van der Waals surface area contributed by atoms with E-state index >= 15 is 0 Å². The average Bonchev–Trinajstić information content (AvgIpc) is 3.40. The van der Waals surface area contributed by atoms with Gasteiger partial charge in [0.05, 0.1) is 6.10 Å². The van der Waals surface area contributed by atoms with Crippen LogP contribution in [0.5, 0.6) is 0 Å². The largest absolute Gasteiger partial charge is 0.462 e. The van der Waals surface area contributed by atoms with Gasteiger partial charge in [-0.1, -0.05) is 151 Å². The number of ether oxygens (including phenoxy) is 1. The van der Waals surface area contributed by atoms with Crippen LogP contribution in [0.25, 0.3) is 0 Å². The van der Waals surface area contributed by atoms with Crippen molar-refractivity contribution in [2.24, 2.45) is 52.3 Å². The molecule has 280 valence electrons. The van der Waals surface area contributed by atoms with Gasteiger partial charge in [-0.3, -0.25) is 4.79 Å². The van der Waals surface area contributed by atoms with Gasteiger partial charge in [-0.2, -0.15) is 0 Å². The molecule has 0 aromatic carbocycles. The molecule has 0 amide bonds. The summed E-state index contributed by atoms with van der Waals surface area (Å²) in [6.07, 6.45) is 33.9.